The SMILES string of the molecule is CC1(C)OB(c2ccc(-c3noc(-c4cnc5cc(CO)ccc5c4)n3)cc2)OC1(C)C. The van der Waals surface area contributed by atoms with Crippen molar-refractivity contribution in [2.75, 3.05) is 0 Å². The molecule has 162 valence electrons. The molecule has 0 spiro atoms. The first-order valence-electron chi connectivity index (χ1n) is 10.6. The van der Waals surface area contributed by atoms with E-state index in [9.17, 15) is 5.11 Å². The largest absolute Gasteiger partial charge is 0.494 e. The van der Waals surface area contributed by atoms with Gasteiger partial charge in [0.05, 0.1) is 28.9 Å². The summed E-state index contributed by atoms with van der Waals surface area (Å²) >= 11 is 0. The van der Waals surface area contributed by atoms with Crippen molar-refractivity contribution in [1.82, 2.24) is 15.1 Å². The third kappa shape index (κ3) is 3.60. The topological polar surface area (TPSA) is 90.5 Å². The van der Waals surface area contributed by atoms with Crippen molar-refractivity contribution in [3.8, 4) is 22.8 Å². The van der Waals surface area contributed by atoms with Gasteiger partial charge in [0.15, 0.2) is 0 Å². The Labute approximate surface area is 186 Å². The van der Waals surface area contributed by atoms with Crippen LogP contribution >= 0.6 is 0 Å². The Hall–Kier alpha value is -3.07. The minimum atomic E-state index is -0.412. The monoisotopic (exact) mass is 429 g/mol. The Bertz CT molecular complexity index is 1270. The van der Waals surface area contributed by atoms with E-state index >= 15 is 0 Å². The first-order chi connectivity index (χ1) is 15.3. The highest BCUT2D eigenvalue weighted by Crippen LogP contribution is 2.36. The molecule has 1 N–H and O–H groups in total. The summed E-state index contributed by atoms with van der Waals surface area (Å²) in [6.07, 6.45) is 1.70. The van der Waals surface area contributed by atoms with Crippen molar-refractivity contribution in [3.05, 3.63) is 60.3 Å². The number of rotatable bonds is 4. The summed E-state index contributed by atoms with van der Waals surface area (Å²) in [5, 5.41) is 14.4. The van der Waals surface area contributed by atoms with E-state index in [1.807, 2.05) is 76.2 Å². The molecule has 7 nitrogen and oxygen atoms in total. The predicted octanol–water partition coefficient (Wildman–Crippen LogP) is 3.74. The maximum atomic E-state index is 9.29. The molecule has 8 heteroatoms. The third-order valence-electron chi connectivity index (χ3n) is 6.30. The van der Waals surface area contributed by atoms with E-state index in [1.54, 1.807) is 6.20 Å². The number of hydrogen-bond acceptors (Lipinski definition) is 7. The van der Waals surface area contributed by atoms with Gasteiger partial charge in [-0.1, -0.05) is 41.6 Å². The van der Waals surface area contributed by atoms with Crippen molar-refractivity contribution >= 4 is 23.5 Å². The molecule has 2 aromatic carbocycles. The summed E-state index contributed by atoms with van der Waals surface area (Å²) in [4.78, 5) is 9.00. The van der Waals surface area contributed by atoms with Gasteiger partial charge < -0.3 is 18.9 Å². The van der Waals surface area contributed by atoms with Gasteiger partial charge in [0.1, 0.15) is 0 Å². The van der Waals surface area contributed by atoms with Crippen LogP contribution < -0.4 is 5.46 Å². The molecule has 1 aliphatic heterocycles. The van der Waals surface area contributed by atoms with Gasteiger partial charge in [-0.05, 0) is 50.9 Å². The standard InChI is InChI=1S/C24H24BN3O4/c1-23(2)24(3,4)32-25(31-23)19-9-7-16(8-10-19)21-27-22(30-28-21)18-12-17-6-5-15(14-29)11-20(17)26-13-18/h5-13,29H,14H2,1-4H3. The smallest absolute Gasteiger partial charge is 0.399 e. The fraction of sp³-hybridized carbons (Fsp3) is 0.292. The quantitative estimate of drug-likeness (QED) is 0.494. The van der Waals surface area contributed by atoms with Crippen LogP contribution in [0.1, 0.15) is 33.3 Å². The van der Waals surface area contributed by atoms with Crippen molar-refractivity contribution in [2.24, 2.45) is 0 Å². The lowest BCUT2D eigenvalue weighted by atomic mass is 9.79. The first-order valence-corrected chi connectivity index (χ1v) is 10.6. The summed E-state index contributed by atoms with van der Waals surface area (Å²) in [7, 11) is -0.412. The van der Waals surface area contributed by atoms with Crippen molar-refractivity contribution in [1.29, 1.82) is 0 Å². The maximum absolute atomic E-state index is 9.29. The van der Waals surface area contributed by atoms with Crippen LogP contribution in [0.3, 0.4) is 0 Å². The second kappa shape index (κ2) is 7.51. The number of fused-ring (bicyclic) bond motifs is 1. The number of benzene rings is 2. The van der Waals surface area contributed by atoms with Crippen LogP contribution in [0.5, 0.6) is 0 Å². The van der Waals surface area contributed by atoms with Crippen molar-refractivity contribution in [2.45, 2.75) is 45.5 Å². The van der Waals surface area contributed by atoms with Gasteiger partial charge in [-0.3, -0.25) is 4.98 Å². The highest BCUT2D eigenvalue weighted by Gasteiger charge is 2.51. The summed E-state index contributed by atoms with van der Waals surface area (Å²) in [5.41, 5.74) is 3.37. The highest BCUT2D eigenvalue weighted by atomic mass is 16.7. The van der Waals surface area contributed by atoms with Crippen LogP contribution in [-0.2, 0) is 15.9 Å². The summed E-state index contributed by atoms with van der Waals surface area (Å²) in [6, 6.07) is 15.4. The van der Waals surface area contributed by atoms with Crippen LogP contribution in [0.4, 0.5) is 0 Å². The highest BCUT2D eigenvalue weighted by molar-refractivity contribution is 6.62. The fourth-order valence-corrected chi connectivity index (χ4v) is 3.61. The molecule has 5 rings (SSSR count). The van der Waals surface area contributed by atoms with Crippen LogP contribution in [-0.4, -0.2) is 38.6 Å². The molecule has 1 saturated heterocycles. The number of pyridine rings is 1. The number of aliphatic hydroxyl groups excluding tert-OH is 1. The molecule has 0 radical (unpaired) electrons. The lowest BCUT2D eigenvalue weighted by Gasteiger charge is -2.32. The van der Waals surface area contributed by atoms with Gasteiger partial charge in [0.25, 0.3) is 5.89 Å². The van der Waals surface area contributed by atoms with Gasteiger partial charge in [-0.25, -0.2) is 0 Å². The molecule has 2 aromatic heterocycles. The van der Waals surface area contributed by atoms with Crippen LogP contribution in [0.15, 0.2) is 59.3 Å². The second-order valence-corrected chi connectivity index (χ2v) is 9.04. The second-order valence-electron chi connectivity index (χ2n) is 9.04. The van der Waals surface area contributed by atoms with E-state index in [-0.39, 0.29) is 17.8 Å². The summed E-state index contributed by atoms with van der Waals surface area (Å²) in [5.74, 6) is 0.895. The molecule has 32 heavy (non-hydrogen) atoms. The lowest BCUT2D eigenvalue weighted by molar-refractivity contribution is 0.00578. The average Bonchev–Trinajstić information content (AvgIpc) is 3.35. The van der Waals surface area contributed by atoms with Gasteiger partial charge in [-0.2, -0.15) is 4.98 Å². The Morgan fingerprint density at radius 2 is 1.62 bits per heavy atom. The number of hydrogen-bond donors (Lipinski definition) is 1. The van der Waals surface area contributed by atoms with E-state index in [1.165, 1.54) is 0 Å². The van der Waals surface area contributed by atoms with E-state index in [2.05, 4.69) is 15.1 Å². The molecule has 1 fully saturated rings. The Kier molecular flexibility index (Phi) is 4.89. The summed E-state index contributed by atoms with van der Waals surface area (Å²) < 4.78 is 17.7. The number of aliphatic hydroxyl groups is 1. The lowest BCUT2D eigenvalue weighted by Crippen LogP contribution is -2.41. The Morgan fingerprint density at radius 3 is 2.31 bits per heavy atom. The Morgan fingerprint density at radius 1 is 0.906 bits per heavy atom. The molecule has 3 heterocycles. The molecule has 0 aliphatic carbocycles. The fourth-order valence-electron chi connectivity index (χ4n) is 3.61. The summed E-state index contributed by atoms with van der Waals surface area (Å²) in [6.45, 7) is 8.13. The van der Waals surface area contributed by atoms with Gasteiger partial charge in [-0.15, -0.1) is 0 Å². The minimum absolute atomic E-state index is 0.0142. The predicted molar refractivity (Wildman–Crippen MR) is 122 cm³/mol. The van der Waals surface area contributed by atoms with Crippen molar-refractivity contribution in [3.63, 3.8) is 0 Å². The molecule has 0 amide bonds. The molecule has 4 aromatic rings. The van der Waals surface area contributed by atoms with E-state index in [0.717, 1.165) is 33.1 Å². The molecular weight excluding hydrogens is 405 g/mol. The molecule has 0 saturated carbocycles. The van der Waals surface area contributed by atoms with E-state index in [0.29, 0.717) is 11.7 Å². The average molecular weight is 429 g/mol. The van der Waals surface area contributed by atoms with Gasteiger partial charge >= 0.3 is 7.12 Å². The molecule has 0 atom stereocenters. The van der Waals surface area contributed by atoms with E-state index in [4.69, 9.17) is 13.8 Å². The number of aromatic nitrogens is 3. The van der Waals surface area contributed by atoms with Crippen LogP contribution in [0.25, 0.3) is 33.7 Å². The molecule has 0 bridgehead atoms. The van der Waals surface area contributed by atoms with Crippen LogP contribution in [0, 0.1) is 0 Å². The minimum Gasteiger partial charge on any atom is -0.399 e. The third-order valence-corrected chi connectivity index (χ3v) is 6.30. The molecular formula is C24H24BN3O4. The normalized spacial score (nSPS) is 17.2. The molecule has 0 unspecified atom stereocenters. The van der Waals surface area contributed by atoms with Gasteiger partial charge in [0.2, 0.25) is 5.82 Å². The van der Waals surface area contributed by atoms with Gasteiger partial charge in [0, 0.05) is 17.1 Å². The van der Waals surface area contributed by atoms with E-state index < -0.39 is 7.12 Å². The first kappa shape index (κ1) is 20.8. The zero-order valence-corrected chi connectivity index (χ0v) is 18.5. The number of nitrogens with zero attached hydrogens (tertiary/aromatic N) is 3. The zero-order valence-electron chi connectivity index (χ0n) is 18.5. The van der Waals surface area contributed by atoms with Crippen molar-refractivity contribution < 1.29 is 18.9 Å². The Balaban J connectivity index is 1.37. The van der Waals surface area contributed by atoms with Crippen LogP contribution in [0.2, 0.25) is 0 Å². The zero-order chi connectivity index (χ0) is 22.5. The molecule has 1 aliphatic rings. The maximum Gasteiger partial charge on any atom is 0.494 e.